The lowest BCUT2D eigenvalue weighted by molar-refractivity contribution is 0.673. The Morgan fingerprint density at radius 1 is 0.404 bits per heavy atom. The summed E-state index contributed by atoms with van der Waals surface area (Å²) in [6.07, 6.45) is 0. The van der Waals surface area contributed by atoms with Crippen LogP contribution < -0.4 is 0 Å². The topological polar surface area (TPSA) is 13.1 Å². The molecule has 0 saturated carbocycles. The summed E-state index contributed by atoms with van der Waals surface area (Å²) in [6.45, 7) is 0. The number of furan rings is 1. The van der Waals surface area contributed by atoms with Gasteiger partial charge in [0.25, 0.3) is 0 Å². The minimum Gasteiger partial charge on any atom is -0.455 e. The third-order valence-electron chi connectivity index (χ3n) is 8.31. The Hall–Kier alpha value is -6.18. The highest BCUT2D eigenvalue weighted by atomic mass is 16.3. The van der Waals surface area contributed by atoms with E-state index in [0.717, 1.165) is 0 Å². The van der Waals surface area contributed by atoms with Gasteiger partial charge in [0.1, 0.15) is 11.2 Å². The molecule has 9 aromatic carbocycles. The standard InChI is InChI=1S/C46H28O/c1-2-11-29(12-3-1)32-23-25-35-33(27-32)24-26-41-45-40(19-10-20-42(45)47-46(35)41)44-38-17-8-6-15-36(38)43(37-16-7-9-18-39(37)44)34-22-21-30-13-4-5-14-31(30)28-34/h1-28H/i1D,2D,3D,4D,5D,10D,11D,12D,13D,14D,19D,20D,21D,22D,23D,24D,25D,26D,27D,28D. The number of rotatable bonds is 3. The monoisotopic (exact) mass is 616 g/mol. The summed E-state index contributed by atoms with van der Waals surface area (Å²) < 4.78 is 184. The molecular weight excluding hydrogens is 569 g/mol. The van der Waals surface area contributed by atoms with Crippen molar-refractivity contribution in [2.75, 3.05) is 0 Å². The number of benzene rings is 9. The van der Waals surface area contributed by atoms with Gasteiger partial charge in [0.15, 0.2) is 0 Å². The second-order valence-corrected chi connectivity index (χ2v) is 10.9. The Balaban J connectivity index is 1.38. The molecule has 0 fully saturated rings. The van der Waals surface area contributed by atoms with Crippen LogP contribution in [0, 0.1) is 0 Å². The van der Waals surface area contributed by atoms with Crippen molar-refractivity contribution in [1.82, 2.24) is 0 Å². The third kappa shape index (κ3) is 3.97. The van der Waals surface area contributed by atoms with Crippen LogP contribution in [0.2, 0.25) is 0 Å². The lowest BCUT2D eigenvalue weighted by Gasteiger charge is -2.18. The molecule has 1 heterocycles. The summed E-state index contributed by atoms with van der Waals surface area (Å²) in [6, 6.07) is 0.695. The molecule has 0 aliphatic rings. The van der Waals surface area contributed by atoms with Gasteiger partial charge in [-0.25, -0.2) is 0 Å². The molecule has 218 valence electrons. The fraction of sp³-hybridized carbons (Fsp3) is 0. The van der Waals surface area contributed by atoms with Crippen molar-refractivity contribution in [3.63, 3.8) is 0 Å². The van der Waals surface area contributed by atoms with Gasteiger partial charge in [-0.1, -0.05) is 139 Å². The molecule has 0 aliphatic heterocycles. The average molecular weight is 617 g/mol. The van der Waals surface area contributed by atoms with Crippen LogP contribution in [0.5, 0.6) is 0 Å². The van der Waals surface area contributed by atoms with Crippen LogP contribution >= 0.6 is 0 Å². The summed E-state index contributed by atoms with van der Waals surface area (Å²) in [7, 11) is 0. The molecule has 0 spiro atoms. The van der Waals surface area contributed by atoms with E-state index < -0.39 is 137 Å². The van der Waals surface area contributed by atoms with Crippen LogP contribution in [-0.4, -0.2) is 0 Å². The molecule has 0 amide bonds. The van der Waals surface area contributed by atoms with Crippen LogP contribution in [0.4, 0.5) is 0 Å². The van der Waals surface area contributed by atoms with Gasteiger partial charge in [0, 0.05) is 16.2 Å². The van der Waals surface area contributed by atoms with Crippen molar-refractivity contribution < 1.29 is 31.8 Å². The first kappa shape index (κ1) is 13.3. The number of hydrogen-bond acceptors (Lipinski definition) is 1. The predicted molar refractivity (Wildman–Crippen MR) is 200 cm³/mol. The van der Waals surface area contributed by atoms with Gasteiger partial charge in [0.05, 0.1) is 27.4 Å². The van der Waals surface area contributed by atoms with E-state index in [-0.39, 0.29) is 60.4 Å². The molecule has 0 saturated heterocycles. The quantitative estimate of drug-likeness (QED) is 0.180. The fourth-order valence-corrected chi connectivity index (χ4v) is 6.32. The van der Waals surface area contributed by atoms with Crippen molar-refractivity contribution in [3.8, 4) is 33.4 Å². The molecule has 0 aliphatic carbocycles. The number of fused-ring (bicyclic) bond motifs is 8. The molecule has 10 aromatic rings. The Morgan fingerprint density at radius 2 is 1.02 bits per heavy atom. The minimum absolute atomic E-state index is 0.0496. The molecule has 0 N–H and O–H groups in total. The molecular formula is C46H28O. The minimum atomic E-state index is -0.753. The van der Waals surface area contributed by atoms with Gasteiger partial charge >= 0.3 is 0 Å². The average Bonchev–Trinajstić information content (AvgIpc) is 3.71. The summed E-state index contributed by atoms with van der Waals surface area (Å²) in [5.41, 5.74) is -1.43. The van der Waals surface area contributed by atoms with Gasteiger partial charge in [-0.15, -0.1) is 0 Å². The smallest absolute Gasteiger partial charge is 0.143 e. The van der Waals surface area contributed by atoms with Crippen molar-refractivity contribution in [1.29, 1.82) is 0 Å². The number of hydrogen-bond donors (Lipinski definition) is 0. The first-order chi connectivity index (χ1) is 31.7. The van der Waals surface area contributed by atoms with E-state index in [4.69, 9.17) is 22.2 Å². The maximum Gasteiger partial charge on any atom is 0.143 e. The van der Waals surface area contributed by atoms with E-state index in [1.165, 1.54) is 0 Å². The van der Waals surface area contributed by atoms with Gasteiger partial charge in [-0.3, -0.25) is 0 Å². The van der Waals surface area contributed by atoms with E-state index in [2.05, 4.69) is 0 Å². The second-order valence-electron chi connectivity index (χ2n) is 10.9. The molecule has 0 atom stereocenters. The molecule has 0 bridgehead atoms. The van der Waals surface area contributed by atoms with Crippen LogP contribution in [-0.2, 0) is 0 Å². The Kier molecular flexibility index (Phi) is 2.87. The van der Waals surface area contributed by atoms with Crippen molar-refractivity contribution in [3.05, 3.63) is 169 Å². The van der Waals surface area contributed by atoms with Crippen LogP contribution in [0.1, 0.15) is 27.4 Å². The van der Waals surface area contributed by atoms with E-state index in [0.29, 0.717) is 21.5 Å². The normalized spacial score (nSPS) is 17.8. The molecule has 47 heavy (non-hydrogen) atoms. The van der Waals surface area contributed by atoms with E-state index in [9.17, 15) is 9.60 Å². The van der Waals surface area contributed by atoms with Gasteiger partial charge in [0.2, 0.25) is 0 Å². The molecule has 0 unspecified atom stereocenters. The molecule has 1 nitrogen and oxygen atoms in total. The summed E-state index contributed by atoms with van der Waals surface area (Å²) in [4.78, 5) is 0. The highest BCUT2D eigenvalue weighted by Crippen LogP contribution is 2.47. The van der Waals surface area contributed by atoms with Crippen LogP contribution in [0.15, 0.2) is 174 Å². The highest BCUT2D eigenvalue weighted by molar-refractivity contribution is 6.27. The Morgan fingerprint density at radius 3 is 1.79 bits per heavy atom. The molecule has 10 rings (SSSR count). The van der Waals surface area contributed by atoms with Gasteiger partial charge in [-0.2, -0.15) is 0 Å². The SMILES string of the molecule is [2H]c1c([2H])c([2H])c(-c2c([2H])c([2H])c3c(c2[2H])c([2H])c([2H])c2c3oc3c([2H])c([2H])c([2H])c(-c4c5ccccc5c(-c5c([2H])c([2H])c6c([2H])c([2H])c([2H])c([2H])c6c5[2H])c5ccccc45)c32)c([2H])c1[2H]. The summed E-state index contributed by atoms with van der Waals surface area (Å²) in [5.74, 6) is 0. The van der Waals surface area contributed by atoms with Crippen LogP contribution in [0.25, 0.3) is 98.4 Å². The zero-order valence-corrected chi connectivity index (χ0v) is 24.0. The largest absolute Gasteiger partial charge is 0.455 e. The lowest BCUT2D eigenvalue weighted by atomic mass is 9.84. The molecule has 0 radical (unpaired) electrons. The maximum absolute atomic E-state index is 9.53. The lowest BCUT2D eigenvalue weighted by Crippen LogP contribution is -1.91. The highest BCUT2D eigenvalue weighted by Gasteiger charge is 2.21. The zero-order chi connectivity index (χ0) is 48.3. The summed E-state index contributed by atoms with van der Waals surface area (Å²) in [5, 5.41) is -0.188. The Bertz CT molecular complexity index is 3900. The predicted octanol–water partition coefficient (Wildman–Crippen LogP) is 13.2. The van der Waals surface area contributed by atoms with Gasteiger partial charge < -0.3 is 4.42 Å². The summed E-state index contributed by atoms with van der Waals surface area (Å²) >= 11 is 0. The molecule has 1 heteroatoms. The Labute approximate surface area is 300 Å². The van der Waals surface area contributed by atoms with Gasteiger partial charge in [-0.05, 0) is 101 Å². The van der Waals surface area contributed by atoms with Crippen molar-refractivity contribution >= 4 is 65.0 Å². The zero-order valence-electron chi connectivity index (χ0n) is 44.0. The van der Waals surface area contributed by atoms with E-state index >= 15 is 0 Å². The first-order valence-electron chi connectivity index (χ1n) is 24.6. The maximum atomic E-state index is 9.53. The molecule has 1 aromatic heterocycles. The van der Waals surface area contributed by atoms with E-state index in [1.54, 1.807) is 48.5 Å². The third-order valence-corrected chi connectivity index (χ3v) is 8.31. The van der Waals surface area contributed by atoms with Crippen LogP contribution in [0.3, 0.4) is 0 Å². The van der Waals surface area contributed by atoms with Crippen molar-refractivity contribution in [2.24, 2.45) is 0 Å². The van der Waals surface area contributed by atoms with E-state index in [1.807, 2.05) is 0 Å². The fourth-order valence-electron chi connectivity index (χ4n) is 6.32. The van der Waals surface area contributed by atoms with Crippen molar-refractivity contribution in [2.45, 2.75) is 0 Å². The first-order valence-corrected chi connectivity index (χ1v) is 14.6. The second kappa shape index (κ2) is 10.2.